The minimum atomic E-state index is -3.04. The van der Waals surface area contributed by atoms with Crippen molar-refractivity contribution in [1.82, 2.24) is 9.29 Å². The zero-order valence-electron chi connectivity index (χ0n) is 12.1. The van der Waals surface area contributed by atoms with Gasteiger partial charge in [0.05, 0.1) is 11.9 Å². The highest BCUT2D eigenvalue weighted by molar-refractivity contribution is 8.01. The van der Waals surface area contributed by atoms with Crippen LogP contribution in [-0.4, -0.2) is 53.2 Å². The van der Waals surface area contributed by atoms with Gasteiger partial charge in [-0.3, -0.25) is 4.98 Å². The summed E-state index contributed by atoms with van der Waals surface area (Å²) in [6, 6.07) is 3.76. The van der Waals surface area contributed by atoms with Gasteiger partial charge in [0.25, 0.3) is 0 Å². The maximum atomic E-state index is 12.0. The fraction of sp³-hybridized carbons (Fsp3) is 0.643. The molecule has 21 heavy (non-hydrogen) atoms. The maximum absolute atomic E-state index is 12.0. The number of sulfonamides is 1. The van der Waals surface area contributed by atoms with Gasteiger partial charge < -0.3 is 4.74 Å². The van der Waals surface area contributed by atoms with Crippen LogP contribution in [0.4, 0.5) is 0 Å². The molecule has 2 fully saturated rings. The van der Waals surface area contributed by atoms with Crippen LogP contribution in [0.25, 0.3) is 0 Å². The molecule has 0 bridgehead atoms. The van der Waals surface area contributed by atoms with E-state index in [1.165, 1.54) is 0 Å². The predicted octanol–water partition coefficient (Wildman–Crippen LogP) is 1.76. The van der Waals surface area contributed by atoms with E-state index < -0.39 is 10.0 Å². The van der Waals surface area contributed by atoms with E-state index in [2.05, 4.69) is 4.98 Å². The lowest BCUT2D eigenvalue weighted by Gasteiger charge is -2.46. The van der Waals surface area contributed by atoms with Crippen molar-refractivity contribution in [3.05, 3.63) is 24.5 Å². The topological polar surface area (TPSA) is 59.5 Å². The van der Waals surface area contributed by atoms with Crippen LogP contribution >= 0.6 is 11.8 Å². The molecule has 7 heteroatoms. The van der Waals surface area contributed by atoms with Crippen LogP contribution in [0.3, 0.4) is 0 Å². The van der Waals surface area contributed by atoms with Gasteiger partial charge in [-0.15, -0.1) is 11.8 Å². The summed E-state index contributed by atoms with van der Waals surface area (Å²) in [6.45, 7) is 3.16. The molecule has 2 aliphatic rings. The highest BCUT2D eigenvalue weighted by atomic mass is 32.2. The Morgan fingerprint density at radius 1 is 1.52 bits per heavy atom. The molecule has 2 aliphatic heterocycles. The molecule has 5 nitrogen and oxygen atoms in total. The molecule has 2 saturated heterocycles. The Morgan fingerprint density at radius 2 is 2.33 bits per heavy atom. The Bertz CT molecular complexity index is 585. The molecule has 0 N–H and O–H groups in total. The van der Waals surface area contributed by atoms with Gasteiger partial charge in [-0.05, 0) is 18.6 Å². The molecule has 0 saturated carbocycles. The zero-order valence-corrected chi connectivity index (χ0v) is 13.7. The summed E-state index contributed by atoms with van der Waals surface area (Å²) in [4.78, 5) is 4.04. The third-order valence-corrected chi connectivity index (χ3v) is 7.44. The molecule has 0 amide bonds. The van der Waals surface area contributed by atoms with Crippen LogP contribution in [0, 0.1) is 0 Å². The Balaban J connectivity index is 1.55. The lowest BCUT2D eigenvalue weighted by Crippen LogP contribution is -2.61. The summed E-state index contributed by atoms with van der Waals surface area (Å²) in [7, 11) is -3.04. The molecule has 1 atom stereocenters. The second kappa shape index (κ2) is 5.78. The van der Waals surface area contributed by atoms with Gasteiger partial charge in [-0.1, -0.05) is 6.92 Å². The molecule has 116 valence electrons. The third kappa shape index (κ3) is 3.19. The maximum Gasteiger partial charge on any atom is 0.214 e. The van der Waals surface area contributed by atoms with E-state index in [9.17, 15) is 8.42 Å². The van der Waals surface area contributed by atoms with E-state index >= 15 is 0 Å². The average Bonchev–Trinajstić information content (AvgIpc) is 2.82. The zero-order chi connectivity index (χ0) is 14.9. The smallest absolute Gasteiger partial charge is 0.214 e. The van der Waals surface area contributed by atoms with Crippen molar-refractivity contribution in [2.24, 2.45) is 0 Å². The molecule has 1 spiro atoms. The van der Waals surface area contributed by atoms with Crippen molar-refractivity contribution >= 4 is 21.8 Å². The third-order valence-electron chi connectivity index (χ3n) is 3.90. The van der Waals surface area contributed by atoms with Crippen molar-refractivity contribution in [2.75, 3.05) is 24.6 Å². The van der Waals surface area contributed by atoms with E-state index in [1.54, 1.807) is 16.7 Å². The molecule has 3 rings (SSSR count). The van der Waals surface area contributed by atoms with E-state index in [1.807, 2.05) is 30.8 Å². The normalized spacial score (nSPS) is 24.9. The monoisotopic (exact) mass is 328 g/mol. The quantitative estimate of drug-likeness (QED) is 0.824. The summed E-state index contributed by atoms with van der Waals surface area (Å²) in [5.41, 5.74) is 0. The van der Waals surface area contributed by atoms with Gasteiger partial charge in [-0.25, -0.2) is 8.42 Å². The lowest BCUT2D eigenvalue weighted by molar-refractivity contribution is 0.159. The average molecular weight is 328 g/mol. The van der Waals surface area contributed by atoms with E-state index in [-0.39, 0.29) is 16.6 Å². The fourth-order valence-electron chi connectivity index (χ4n) is 2.89. The van der Waals surface area contributed by atoms with Gasteiger partial charge in [0.1, 0.15) is 11.9 Å². The molecule has 1 aromatic rings. The van der Waals surface area contributed by atoms with Crippen molar-refractivity contribution in [2.45, 2.75) is 30.6 Å². The number of hydrogen-bond donors (Lipinski definition) is 0. The van der Waals surface area contributed by atoms with Gasteiger partial charge >= 0.3 is 0 Å². The highest BCUT2D eigenvalue weighted by Crippen LogP contribution is 2.47. The second-order valence-electron chi connectivity index (χ2n) is 5.71. The molecular weight excluding hydrogens is 308 g/mol. The van der Waals surface area contributed by atoms with Crippen molar-refractivity contribution in [1.29, 1.82) is 0 Å². The van der Waals surface area contributed by atoms with Crippen LogP contribution in [0.2, 0.25) is 0 Å². The number of nitrogens with zero attached hydrogens (tertiary/aromatic N) is 2. The van der Waals surface area contributed by atoms with Crippen molar-refractivity contribution in [3.8, 4) is 5.75 Å². The Hall–Kier alpha value is -0.790. The first-order valence-corrected chi connectivity index (χ1v) is 9.81. The van der Waals surface area contributed by atoms with Crippen LogP contribution in [0.5, 0.6) is 5.75 Å². The van der Waals surface area contributed by atoms with E-state index in [0.29, 0.717) is 19.5 Å². The molecular formula is C14H20N2O3S2. The highest BCUT2D eigenvalue weighted by Gasteiger charge is 2.53. The van der Waals surface area contributed by atoms with Gasteiger partial charge in [-0.2, -0.15) is 4.31 Å². The first-order chi connectivity index (χ1) is 10.0. The van der Waals surface area contributed by atoms with Crippen LogP contribution in [0.15, 0.2) is 24.5 Å². The molecule has 1 unspecified atom stereocenters. The van der Waals surface area contributed by atoms with Crippen molar-refractivity contribution < 1.29 is 13.2 Å². The Morgan fingerprint density at radius 3 is 3.00 bits per heavy atom. The molecule has 0 radical (unpaired) electrons. The minimum Gasteiger partial charge on any atom is -0.488 e. The number of ether oxygens (including phenoxy) is 1. The standard InChI is InChI=1S/C14H20N2O3S2/c1-2-6-21(17,18)16-10-14(11-16)7-13(9-20-14)19-12-4-3-5-15-8-12/h3-5,8,13H,2,6-7,9-11H2,1H3. The van der Waals surface area contributed by atoms with Gasteiger partial charge in [0, 0.05) is 36.2 Å². The first-order valence-electron chi connectivity index (χ1n) is 7.21. The second-order valence-corrected chi connectivity index (χ2v) is 9.29. The molecule has 3 heterocycles. The summed E-state index contributed by atoms with van der Waals surface area (Å²) in [6.07, 6.45) is 5.17. The number of hydrogen-bond acceptors (Lipinski definition) is 5. The number of thioether (sulfide) groups is 1. The van der Waals surface area contributed by atoms with Crippen LogP contribution < -0.4 is 4.74 Å². The summed E-state index contributed by atoms with van der Waals surface area (Å²) in [5.74, 6) is 1.95. The van der Waals surface area contributed by atoms with Gasteiger partial charge in [0.15, 0.2) is 0 Å². The molecule has 0 aromatic carbocycles. The fourth-order valence-corrected chi connectivity index (χ4v) is 6.24. The first kappa shape index (κ1) is 15.1. The van der Waals surface area contributed by atoms with Crippen LogP contribution in [-0.2, 0) is 10.0 Å². The summed E-state index contributed by atoms with van der Waals surface area (Å²) < 4.78 is 31.6. The summed E-state index contributed by atoms with van der Waals surface area (Å²) in [5, 5.41) is 0. The predicted molar refractivity (Wildman–Crippen MR) is 84.1 cm³/mol. The SMILES string of the molecule is CCCS(=O)(=O)N1CC2(CC(Oc3cccnc3)CS2)C1. The number of pyridine rings is 1. The van der Waals surface area contributed by atoms with E-state index in [0.717, 1.165) is 17.9 Å². The molecule has 0 aliphatic carbocycles. The van der Waals surface area contributed by atoms with Gasteiger partial charge in [0.2, 0.25) is 10.0 Å². The number of rotatable bonds is 5. The van der Waals surface area contributed by atoms with Crippen LogP contribution in [0.1, 0.15) is 19.8 Å². The Kier molecular flexibility index (Phi) is 4.16. The summed E-state index contributed by atoms with van der Waals surface area (Å²) >= 11 is 1.85. The van der Waals surface area contributed by atoms with Crippen molar-refractivity contribution in [3.63, 3.8) is 0 Å². The minimum absolute atomic E-state index is 0.0632. The lowest BCUT2D eigenvalue weighted by atomic mass is 9.95. The Labute approximate surface area is 130 Å². The van der Waals surface area contributed by atoms with E-state index in [4.69, 9.17) is 4.74 Å². The largest absolute Gasteiger partial charge is 0.488 e. The molecule has 1 aromatic heterocycles. The number of aromatic nitrogens is 1.